The van der Waals surface area contributed by atoms with Crippen molar-refractivity contribution < 1.29 is 0 Å². The Balaban J connectivity index is 1.47. The molecule has 0 atom stereocenters. The van der Waals surface area contributed by atoms with Gasteiger partial charge in [-0.05, 0) is 81.8 Å². The molecule has 2 nitrogen and oxygen atoms in total. The highest BCUT2D eigenvalue weighted by Gasteiger charge is 2.23. The van der Waals surface area contributed by atoms with Gasteiger partial charge in [0.25, 0.3) is 0 Å². The lowest BCUT2D eigenvalue weighted by Gasteiger charge is -2.30. The minimum atomic E-state index is 0.675. The van der Waals surface area contributed by atoms with E-state index in [1.165, 1.54) is 80.8 Å². The van der Waals surface area contributed by atoms with Crippen LogP contribution in [0.25, 0.3) is 11.3 Å². The minimum absolute atomic E-state index is 0.675. The van der Waals surface area contributed by atoms with E-state index in [1.807, 2.05) is 11.3 Å². The van der Waals surface area contributed by atoms with Crippen LogP contribution in [0.3, 0.4) is 0 Å². The molecule has 0 amide bonds. The Labute approximate surface area is 149 Å². The molecule has 0 radical (unpaired) electrons. The molecule has 1 aliphatic heterocycles. The van der Waals surface area contributed by atoms with Gasteiger partial charge >= 0.3 is 0 Å². The number of piperidine rings is 1. The van der Waals surface area contributed by atoms with Crippen molar-refractivity contribution >= 4 is 11.3 Å². The fourth-order valence-electron chi connectivity index (χ4n) is 4.22. The summed E-state index contributed by atoms with van der Waals surface area (Å²) in [6.07, 6.45) is 9.02. The van der Waals surface area contributed by atoms with Crippen molar-refractivity contribution in [2.75, 3.05) is 19.6 Å². The Hall–Kier alpha value is -1.19. The lowest BCUT2D eigenvalue weighted by molar-refractivity contribution is 0.212. The van der Waals surface area contributed by atoms with Gasteiger partial charge in [-0.1, -0.05) is 19.1 Å². The predicted octanol–water partition coefficient (Wildman–Crippen LogP) is 5.28. The van der Waals surface area contributed by atoms with Crippen molar-refractivity contribution in [1.29, 1.82) is 0 Å². The number of hydrogen-bond donors (Lipinski definition) is 0. The summed E-state index contributed by atoms with van der Waals surface area (Å²) in [6.45, 7) is 6.02. The van der Waals surface area contributed by atoms with Crippen LogP contribution in [0.15, 0.2) is 23.6 Å². The molecule has 1 aliphatic carbocycles. The lowest BCUT2D eigenvalue weighted by atomic mass is 9.90. The number of thiazole rings is 1. The van der Waals surface area contributed by atoms with Gasteiger partial charge in [0.2, 0.25) is 0 Å². The fraction of sp³-hybridized carbons (Fsp3) is 0.571. The maximum absolute atomic E-state index is 5.02. The van der Waals surface area contributed by atoms with Crippen LogP contribution >= 0.6 is 11.3 Å². The van der Waals surface area contributed by atoms with E-state index in [4.69, 9.17) is 4.98 Å². The Kier molecular flexibility index (Phi) is 5.00. The van der Waals surface area contributed by atoms with Crippen molar-refractivity contribution in [3.63, 3.8) is 0 Å². The first kappa shape index (κ1) is 16.3. The van der Waals surface area contributed by atoms with E-state index in [9.17, 15) is 0 Å². The number of fused-ring (bicyclic) bond motifs is 1. The summed E-state index contributed by atoms with van der Waals surface area (Å²) in [7, 11) is 0. The Morgan fingerprint density at radius 3 is 2.71 bits per heavy atom. The smallest absolute Gasteiger partial charge is 0.0964 e. The van der Waals surface area contributed by atoms with Gasteiger partial charge in [0.05, 0.1) is 10.7 Å². The van der Waals surface area contributed by atoms with Crippen LogP contribution in [0.2, 0.25) is 0 Å². The summed E-state index contributed by atoms with van der Waals surface area (Å²) in [4.78, 5) is 7.63. The van der Waals surface area contributed by atoms with Crippen LogP contribution in [0, 0.1) is 0 Å². The highest BCUT2D eigenvalue weighted by atomic mass is 32.1. The average molecular weight is 341 g/mol. The standard InChI is InChI=1S/C21H28N2S/c1-2-11-23-12-9-17(10-13-23)21-22-20(15-24-21)19-8-7-16-5-3-4-6-18(16)14-19/h7-8,14-15,17H,2-6,9-13H2,1H3. The molecule has 1 fully saturated rings. The normalized spacial score (nSPS) is 19.4. The van der Waals surface area contributed by atoms with E-state index in [0.29, 0.717) is 5.92 Å². The van der Waals surface area contributed by atoms with Gasteiger partial charge < -0.3 is 4.90 Å². The molecular formula is C21H28N2S. The second-order valence-corrected chi connectivity index (χ2v) is 8.27. The molecule has 1 aromatic carbocycles. The lowest BCUT2D eigenvalue weighted by Crippen LogP contribution is -2.33. The molecule has 4 rings (SSSR count). The average Bonchev–Trinajstić information content (AvgIpc) is 3.12. The zero-order valence-corrected chi connectivity index (χ0v) is 15.6. The molecular weight excluding hydrogens is 312 g/mol. The molecule has 2 aliphatic rings. The minimum Gasteiger partial charge on any atom is -0.303 e. The quantitative estimate of drug-likeness (QED) is 0.753. The van der Waals surface area contributed by atoms with E-state index in [2.05, 4.69) is 35.4 Å². The first-order valence-electron chi connectivity index (χ1n) is 9.63. The van der Waals surface area contributed by atoms with E-state index in [0.717, 1.165) is 0 Å². The van der Waals surface area contributed by atoms with E-state index in [-0.39, 0.29) is 0 Å². The third kappa shape index (κ3) is 3.43. The first-order chi connectivity index (χ1) is 11.8. The SMILES string of the molecule is CCCN1CCC(c2nc(-c3ccc4c(c3)CCCC4)cs2)CC1. The van der Waals surface area contributed by atoms with Crippen LogP contribution in [-0.4, -0.2) is 29.5 Å². The third-order valence-electron chi connectivity index (χ3n) is 5.64. The summed E-state index contributed by atoms with van der Waals surface area (Å²) >= 11 is 1.87. The molecule has 0 spiro atoms. The highest BCUT2D eigenvalue weighted by Crippen LogP contribution is 2.34. The molecule has 0 N–H and O–H groups in total. The van der Waals surface area contributed by atoms with Gasteiger partial charge in [0, 0.05) is 16.9 Å². The topological polar surface area (TPSA) is 16.1 Å². The zero-order chi connectivity index (χ0) is 16.4. The maximum atomic E-state index is 5.02. The van der Waals surface area contributed by atoms with Gasteiger partial charge in [-0.25, -0.2) is 4.98 Å². The van der Waals surface area contributed by atoms with Gasteiger partial charge in [-0.2, -0.15) is 0 Å². The highest BCUT2D eigenvalue weighted by molar-refractivity contribution is 7.10. The maximum Gasteiger partial charge on any atom is 0.0964 e. The van der Waals surface area contributed by atoms with Crippen molar-refractivity contribution in [3.8, 4) is 11.3 Å². The van der Waals surface area contributed by atoms with Crippen molar-refractivity contribution in [2.45, 2.75) is 57.8 Å². The molecule has 24 heavy (non-hydrogen) atoms. The zero-order valence-electron chi connectivity index (χ0n) is 14.8. The molecule has 3 heteroatoms. The summed E-state index contributed by atoms with van der Waals surface area (Å²) in [6, 6.07) is 7.02. The van der Waals surface area contributed by atoms with Crippen molar-refractivity contribution in [2.24, 2.45) is 0 Å². The number of nitrogens with zero attached hydrogens (tertiary/aromatic N) is 2. The van der Waals surface area contributed by atoms with E-state index < -0.39 is 0 Å². The molecule has 128 valence electrons. The van der Waals surface area contributed by atoms with Crippen molar-refractivity contribution in [3.05, 3.63) is 39.7 Å². The third-order valence-corrected chi connectivity index (χ3v) is 6.65. The largest absolute Gasteiger partial charge is 0.303 e. The molecule has 2 aromatic rings. The van der Waals surface area contributed by atoms with Crippen LogP contribution in [0.4, 0.5) is 0 Å². The molecule has 1 saturated heterocycles. The number of rotatable bonds is 4. The second kappa shape index (κ2) is 7.37. The van der Waals surface area contributed by atoms with E-state index >= 15 is 0 Å². The monoisotopic (exact) mass is 340 g/mol. The van der Waals surface area contributed by atoms with Gasteiger partial charge in [-0.15, -0.1) is 11.3 Å². The Morgan fingerprint density at radius 2 is 1.92 bits per heavy atom. The van der Waals surface area contributed by atoms with Crippen LogP contribution in [-0.2, 0) is 12.8 Å². The van der Waals surface area contributed by atoms with Crippen molar-refractivity contribution in [1.82, 2.24) is 9.88 Å². The summed E-state index contributed by atoms with van der Waals surface area (Å²) in [5, 5.41) is 3.64. The predicted molar refractivity (Wildman–Crippen MR) is 103 cm³/mol. The van der Waals surface area contributed by atoms with Crippen LogP contribution < -0.4 is 0 Å². The van der Waals surface area contributed by atoms with Gasteiger partial charge in [0.15, 0.2) is 0 Å². The first-order valence-corrected chi connectivity index (χ1v) is 10.5. The number of aryl methyl sites for hydroxylation is 2. The van der Waals surface area contributed by atoms with E-state index in [1.54, 1.807) is 11.1 Å². The molecule has 0 unspecified atom stereocenters. The van der Waals surface area contributed by atoms with Gasteiger partial charge in [0.1, 0.15) is 0 Å². The summed E-state index contributed by atoms with van der Waals surface area (Å²) < 4.78 is 0. The number of likely N-dealkylation sites (tertiary alicyclic amines) is 1. The molecule has 0 saturated carbocycles. The summed E-state index contributed by atoms with van der Waals surface area (Å²) in [5.41, 5.74) is 5.63. The molecule has 0 bridgehead atoms. The molecule has 2 heterocycles. The number of hydrogen-bond acceptors (Lipinski definition) is 3. The van der Waals surface area contributed by atoms with Crippen LogP contribution in [0.5, 0.6) is 0 Å². The van der Waals surface area contributed by atoms with Gasteiger partial charge in [-0.3, -0.25) is 0 Å². The van der Waals surface area contributed by atoms with Crippen LogP contribution in [0.1, 0.15) is 61.1 Å². The number of aromatic nitrogens is 1. The Bertz CT molecular complexity index is 683. The summed E-state index contributed by atoms with van der Waals surface area (Å²) in [5.74, 6) is 0.675. The number of benzene rings is 1. The second-order valence-electron chi connectivity index (χ2n) is 7.38. The molecule has 1 aromatic heterocycles. The fourth-order valence-corrected chi connectivity index (χ4v) is 5.22. The Morgan fingerprint density at radius 1 is 1.12 bits per heavy atom.